The number of hydrogen-bond donors (Lipinski definition) is 1. The third-order valence-corrected chi connectivity index (χ3v) is 10.4. The quantitative estimate of drug-likeness (QED) is 0.511. The van der Waals surface area contributed by atoms with Crippen molar-refractivity contribution in [2.24, 2.45) is 46.8 Å². The number of alkyl halides is 3. The molecule has 1 aromatic heterocycles. The maximum absolute atomic E-state index is 13.5. The fraction of sp³-hybridized carbons (Fsp3) is 0.852. The maximum Gasteiger partial charge on any atom is 0.419 e. The van der Waals surface area contributed by atoms with Crippen LogP contribution in [0.2, 0.25) is 0 Å². The van der Waals surface area contributed by atoms with E-state index in [-0.39, 0.29) is 23.7 Å². The van der Waals surface area contributed by atoms with Gasteiger partial charge in [-0.1, -0.05) is 26.7 Å². The molecule has 0 radical (unpaired) electrons. The first-order valence-corrected chi connectivity index (χ1v) is 13.3. The lowest BCUT2D eigenvalue weighted by atomic mass is 9.50. The van der Waals surface area contributed by atoms with Gasteiger partial charge in [0.25, 0.3) is 0 Å². The van der Waals surface area contributed by atoms with Crippen LogP contribution in [-0.4, -0.2) is 26.3 Å². The van der Waals surface area contributed by atoms with Crippen LogP contribution in [0.15, 0.2) is 12.4 Å². The summed E-state index contributed by atoms with van der Waals surface area (Å²) in [7, 11) is 0. The Morgan fingerprint density at radius 3 is 2.65 bits per heavy atom. The van der Waals surface area contributed by atoms with Crippen molar-refractivity contribution in [1.29, 1.82) is 0 Å². The molecule has 1 N–H and O–H groups in total. The second kappa shape index (κ2) is 8.35. The number of fused-ring (bicyclic) bond motifs is 5. The van der Waals surface area contributed by atoms with Crippen LogP contribution in [-0.2, 0) is 17.5 Å². The molecule has 0 amide bonds. The largest absolute Gasteiger partial charge is 0.419 e. The number of carbonyl (C=O) groups excluding carboxylic acids is 1. The number of aromatic nitrogens is 2. The summed E-state index contributed by atoms with van der Waals surface area (Å²) >= 11 is 0. The van der Waals surface area contributed by atoms with Crippen LogP contribution in [0.1, 0.15) is 84.1 Å². The number of nitrogens with zero attached hydrogens (tertiary/aromatic N) is 2. The van der Waals surface area contributed by atoms with E-state index in [0.29, 0.717) is 35.5 Å². The molecule has 190 valence electrons. The van der Waals surface area contributed by atoms with Crippen LogP contribution < -0.4 is 0 Å². The highest BCUT2D eigenvalue weighted by molar-refractivity contribution is 5.83. The topological polar surface area (TPSA) is 55.1 Å². The molecule has 4 aliphatic carbocycles. The number of ketones is 1. The fourth-order valence-corrected chi connectivity index (χ4v) is 8.61. The molecule has 34 heavy (non-hydrogen) atoms. The molecule has 9 atom stereocenters. The molecule has 1 heterocycles. The van der Waals surface area contributed by atoms with Crippen molar-refractivity contribution in [3.8, 4) is 0 Å². The predicted octanol–water partition coefficient (Wildman–Crippen LogP) is 6.13. The summed E-state index contributed by atoms with van der Waals surface area (Å²) in [5.41, 5.74) is -1.42. The molecular weight excluding hydrogens is 441 g/mol. The Hall–Kier alpha value is -1.37. The highest BCUT2D eigenvalue weighted by atomic mass is 19.4. The molecule has 0 bridgehead atoms. The van der Waals surface area contributed by atoms with Crippen LogP contribution in [0.4, 0.5) is 13.2 Å². The summed E-state index contributed by atoms with van der Waals surface area (Å²) in [4.78, 5) is 13.5. The standard InChI is InChI=1S/C27H39F3N2O2/c1-4-25(2,34)10-8-16-6-5-7-19-18(16)9-11-26(3)23(19)20-12-21(20)24(26)22(33)15-32-14-17(13-31-32)27(28,29)30/h13-14,16,18-21,23-24,34H,4-12,15H2,1-3H3/t16-,18-,19-,20-,21+,23-,24-,25?,26+/m1/s1. The third-order valence-electron chi connectivity index (χ3n) is 10.4. The molecule has 4 aliphatic rings. The van der Waals surface area contributed by atoms with Crippen molar-refractivity contribution in [3.63, 3.8) is 0 Å². The van der Waals surface area contributed by atoms with E-state index in [1.807, 2.05) is 13.8 Å². The molecule has 1 aromatic rings. The fourth-order valence-electron chi connectivity index (χ4n) is 8.61. The molecule has 0 saturated heterocycles. The summed E-state index contributed by atoms with van der Waals surface area (Å²) in [6.45, 7) is 6.24. The van der Waals surface area contributed by atoms with Gasteiger partial charge in [-0.25, -0.2) is 0 Å². The van der Waals surface area contributed by atoms with E-state index in [1.54, 1.807) is 0 Å². The number of aliphatic hydroxyl groups is 1. The Bertz CT molecular complexity index is 925. The summed E-state index contributed by atoms with van der Waals surface area (Å²) in [5.74, 6) is 3.59. The van der Waals surface area contributed by atoms with Crippen molar-refractivity contribution < 1.29 is 23.1 Å². The van der Waals surface area contributed by atoms with Crippen LogP contribution in [0.3, 0.4) is 0 Å². The summed E-state index contributed by atoms with van der Waals surface area (Å²) in [6.07, 6.45) is 7.06. The first-order chi connectivity index (χ1) is 15.9. The van der Waals surface area contributed by atoms with Gasteiger partial charge in [0, 0.05) is 12.1 Å². The van der Waals surface area contributed by atoms with E-state index in [1.165, 1.54) is 23.9 Å². The van der Waals surface area contributed by atoms with Gasteiger partial charge in [-0.15, -0.1) is 0 Å². The second-order valence-electron chi connectivity index (χ2n) is 12.4. The van der Waals surface area contributed by atoms with Gasteiger partial charge < -0.3 is 5.11 Å². The van der Waals surface area contributed by atoms with Gasteiger partial charge in [-0.3, -0.25) is 9.48 Å². The summed E-state index contributed by atoms with van der Waals surface area (Å²) < 4.78 is 40.1. The van der Waals surface area contributed by atoms with Crippen LogP contribution in [0, 0.1) is 46.8 Å². The van der Waals surface area contributed by atoms with Crippen molar-refractivity contribution in [2.75, 3.05) is 0 Å². The Morgan fingerprint density at radius 2 is 1.97 bits per heavy atom. The molecule has 4 saturated carbocycles. The Morgan fingerprint density at radius 1 is 1.21 bits per heavy atom. The first-order valence-electron chi connectivity index (χ1n) is 13.3. The lowest BCUT2D eigenvalue weighted by Gasteiger charge is -2.54. The summed E-state index contributed by atoms with van der Waals surface area (Å²) in [6, 6.07) is 0. The average Bonchev–Trinajstić information content (AvgIpc) is 3.25. The van der Waals surface area contributed by atoms with Crippen LogP contribution >= 0.6 is 0 Å². The number of Topliss-reactive ketones (excluding diaryl/α,β-unsaturated/α-hetero) is 1. The van der Waals surface area contributed by atoms with Crippen molar-refractivity contribution >= 4 is 5.78 Å². The van der Waals surface area contributed by atoms with Gasteiger partial charge in [0.05, 0.1) is 23.9 Å². The zero-order valence-corrected chi connectivity index (χ0v) is 20.7. The lowest BCUT2D eigenvalue weighted by Crippen LogP contribution is -2.49. The van der Waals surface area contributed by atoms with E-state index in [4.69, 9.17) is 0 Å². The molecular formula is C27H39F3N2O2. The minimum atomic E-state index is -4.44. The molecule has 7 heteroatoms. The third kappa shape index (κ3) is 4.14. The highest BCUT2D eigenvalue weighted by Crippen LogP contribution is 2.74. The van der Waals surface area contributed by atoms with E-state index in [2.05, 4.69) is 12.0 Å². The number of halogens is 3. The lowest BCUT2D eigenvalue weighted by molar-refractivity contribution is -0.138. The predicted molar refractivity (Wildman–Crippen MR) is 123 cm³/mol. The minimum absolute atomic E-state index is 0.0390. The Kier molecular flexibility index (Phi) is 5.97. The van der Waals surface area contributed by atoms with E-state index in [9.17, 15) is 23.1 Å². The molecule has 0 aromatic carbocycles. The van der Waals surface area contributed by atoms with Crippen molar-refractivity contribution in [1.82, 2.24) is 9.78 Å². The zero-order chi connectivity index (χ0) is 24.5. The highest BCUT2D eigenvalue weighted by Gasteiger charge is 2.70. The van der Waals surface area contributed by atoms with E-state index >= 15 is 0 Å². The average molecular weight is 481 g/mol. The molecule has 0 spiro atoms. The van der Waals surface area contributed by atoms with Crippen LogP contribution in [0.25, 0.3) is 0 Å². The summed E-state index contributed by atoms with van der Waals surface area (Å²) in [5, 5.41) is 14.4. The van der Waals surface area contributed by atoms with Gasteiger partial charge in [-0.2, -0.15) is 18.3 Å². The normalized spacial score (nSPS) is 40.7. The van der Waals surface area contributed by atoms with Gasteiger partial charge >= 0.3 is 6.18 Å². The van der Waals surface area contributed by atoms with Crippen LogP contribution in [0.5, 0.6) is 0 Å². The van der Waals surface area contributed by atoms with Gasteiger partial charge in [0.15, 0.2) is 5.78 Å². The smallest absolute Gasteiger partial charge is 0.390 e. The SMILES string of the molecule is CCC(C)(O)CC[C@H]1CCC[C@@H]2[C@@H]1CC[C@@]1(C)[C@H]2[C@@H]2C[C@@H]2[C@@H]1C(=O)Cn1cc(C(F)(F)F)cn1. The molecule has 0 aliphatic heterocycles. The van der Waals surface area contributed by atoms with E-state index in [0.717, 1.165) is 50.9 Å². The van der Waals surface area contributed by atoms with Gasteiger partial charge in [-0.05, 0) is 92.8 Å². The van der Waals surface area contributed by atoms with Gasteiger partial charge in [0.2, 0.25) is 0 Å². The minimum Gasteiger partial charge on any atom is -0.390 e. The van der Waals surface area contributed by atoms with E-state index < -0.39 is 17.3 Å². The number of hydrogen-bond acceptors (Lipinski definition) is 3. The molecule has 1 unspecified atom stereocenters. The monoisotopic (exact) mass is 480 g/mol. The molecule has 5 rings (SSSR count). The molecule has 4 fully saturated rings. The number of rotatable bonds is 7. The molecule has 4 nitrogen and oxygen atoms in total. The second-order valence-corrected chi connectivity index (χ2v) is 12.4. The van der Waals surface area contributed by atoms with Gasteiger partial charge in [0.1, 0.15) is 0 Å². The Labute approximate surface area is 200 Å². The maximum atomic E-state index is 13.5. The van der Waals surface area contributed by atoms with Crippen molar-refractivity contribution in [3.05, 3.63) is 18.0 Å². The Balaban J connectivity index is 1.30. The first kappa shape index (κ1) is 24.3. The number of carbonyl (C=O) groups is 1. The van der Waals surface area contributed by atoms with Crippen molar-refractivity contribution in [2.45, 2.75) is 96.9 Å². The zero-order valence-electron chi connectivity index (χ0n) is 20.7.